The number of allylic oxidation sites excluding steroid dienone is 2. The van der Waals surface area contributed by atoms with Crippen molar-refractivity contribution in [2.45, 2.75) is 81.2 Å². The molecule has 1 heteroatoms. The van der Waals surface area contributed by atoms with Crippen molar-refractivity contribution < 1.29 is 0 Å². The lowest BCUT2D eigenvalue weighted by Crippen LogP contribution is -2.62. The molecule has 1 atom stereocenters. The second kappa shape index (κ2) is 5.42. The van der Waals surface area contributed by atoms with Crippen molar-refractivity contribution in [3.05, 3.63) is 24.4 Å². The molecule has 0 spiro atoms. The van der Waals surface area contributed by atoms with Crippen LogP contribution in [0.25, 0.3) is 0 Å². The summed E-state index contributed by atoms with van der Waals surface area (Å²) in [5.41, 5.74) is 3.11. The zero-order valence-electron chi connectivity index (χ0n) is 16.9. The van der Waals surface area contributed by atoms with Gasteiger partial charge in [-0.25, -0.2) is 0 Å². The van der Waals surface area contributed by atoms with E-state index in [0.717, 1.165) is 6.54 Å². The van der Waals surface area contributed by atoms with E-state index in [1.165, 1.54) is 17.7 Å². The monoisotopic (exact) mass is 305 g/mol. The van der Waals surface area contributed by atoms with Crippen molar-refractivity contribution in [1.82, 2.24) is 4.90 Å². The van der Waals surface area contributed by atoms with Crippen LogP contribution < -0.4 is 0 Å². The van der Waals surface area contributed by atoms with Crippen LogP contribution in [0, 0.1) is 22.2 Å². The van der Waals surface area contributed by atoms with E-state index in [-0.39, 0.29) is 21.8 Å². The maximum atomic E-state index is 4.35. The van der Waals surface area contributed by atoms with Gasteiger partial charge < -0.3 is 4.90 Å². The second-order valence-electron chi connectivity index (χ2n) is 9.97. The number of rotatable bonds is 2. The van der Waals surface area contributed by atoms with Crippen molar-refractivity contribution in [1.29, 1.82) is 0 Å². The van der Waals surface area contributed by atoms with E-state index in [9.17, 15) is 0 Å². The van der Waals surface area contributed by atoms with Crippen molar-refractivity contribution in [3.8, 4) is 0 Å². The summed E-state index contributed by atoms with van der Waals surface area (Å²) in [4.78, 5) is 2.55. The number of hydrogen-bond donors (Lipinski definition) is 0. The van der Waals surface area contributed by atoms with Crippen molar-refractivity contribution in [2.75, 3.05) is 6.54 Å². The fourth-order valence-corrected chi connectivity index (χ4v) is 4.03. The standard InChI is InChI=1S/C21H39N/c1-15(2)17-13-18(5,6)19(7,8)14-22(16(3)4)21(11,12)20(17,9)10/h17H,1,3,13-14H2,2,4-12H3. The van der Waals surface area contributed by atoms with Gasteiger partial charge in [0.1, 0.15) is 0 Å². The average molecular weight is 306 g/mol. The summed E-state index contributed by atoms with van der Waals surface area (Å²) in [5.74, 6) is 0.499. The van der Waals surface area contributed by atoms with Gasteiger partial charge in [0, 0.05) is 17.8 Å². The number of likely N-dealkylation sites (tertiary alicyclic amines) is 1. The minimum absolute atomic E-state index is 0.0379. The van der Waals surface area contributed by atoms with E-state index in [2.05, 4.69) is 87.3 Å². The number of nitrogens with zero attached hydrogens (tertiary/aromatic N) is 1. The molecule has 0 N–H and O–H groups in total. The minimum atomic E-state index is 0.0379. The van der Waals surface area contributed by atoms with Crippen LogP contribution in [-0.4, -0.2) is 17.0 Å². The smallest absolute Gasteiger partial charge is 0.0399 e. The Balaban J connectivity index is 3.58. The summed E-state index contributed by atoms with van der Waals surface area (Å²) >= 11 is 0. The summed E-state index contributed by atoms with van der Waals surface area (Å²) in [6.45, 7) is 33.3. The van der Waals surface area contributed by atoms with Crippen LogP contribution in [0.15, 0.2) is 24.4 Å². The zero-order valence-corrected chi connectivity index (χ0v) is 16.9. The lowest BCUT2D eigenvalue weighted by atomic mass is 9.53. The van der Waals surface area contributed by atoms with Gasteiger partial charge in [0.2, 0.25) is 0 Å². The largest absolute Gasteiger partial charge is 0.369 e. The highest BCUT2D eigenvalue weighted by atomic mass is 15.2. The third-order valence-corrected chi connectivity index (χ3v) is 7.28. The molecule has 1 nitrogen and oxygen atoms in total. The summed E-state index contributed by atoms with van der Waals surface area (Å²) in [6, 6.07) is 0. The first-order valence-electron chi connectivity index (χ1n) is 8.66. The van der Waals surface area contributed by atoms with Gasteiger partial charge in [-0.05, 0) is 56.3 Å². The SMILES string of the molecule is C=C(C)C1CC(C)(C)C(C)(C)CN(C(=C)C)C(C)(C)C1(C)C. The molecule has 22 heavy (non-hydrogen) atoms. The Morgan fingerprint density at radius 1 is 0.864 bits per heavy atom. The maximum Gasteiger partial charge on any atom is 0.0399 e. The first-order valence-corrected chi connectivity index (χ1v) is 8.66. The Morgan fingerprint density at radius 3 is 1.68 bits per heavy atom. The van der Waals surface area contributed by atoms with E-state index < -0.39 is 0 Å². The fourth-order valence-electron chi connectivity index (χ4n) is 4.03. The van der Waals surface area contributed by atoms with Gasteiger partial charge in [0.15, 0.2) is 0 Å². The second-order valence-corrected chi connectivity index (χ2v) is 9.97. The maximum absolute atomic E-state index is 4.35. The molecule has 1 aliphatic rings. The quantitative estimate of drug-likeness (QED) is 0.543. The van der Waals surface area contributed by atoms with Gasteiger partial charge in [0.25, 0.3) is 0 Å². The summed E-state index contributed by atoms with van der Waals surface area (Å²) < 4.78 is 0. The van der Waals surface area contributed by atoms with Crippen LogP contribution in [-0.2, 0) is 0 Å². The van der Waals surface area contributed by atoms with Gasteiger partial charge >= 0.3 is 0 Å². The van der Waals surface area contributed by atoms with Crippen LogP contribution >= 0.6 is 0 Å². The Bertz CT molecular complexity index is 418. The highest BCUT2D eigenvalue weighted by molar-refractivity contribution is 5.16. The normalized spacial score (nSPS) is 29.4. The number of hydrogen-bond acceptors (Lipinski definition) is 1. The highest BCUT2D eigenvalue weighted by Gasteiger charge is 2.53. The molecule has 1 aliphatic heterocycles. The van der Waals surface area contributed by atoms with Crippen LogP contribution in [0.3, 0.4) is 0 Å². The first kappa shape index (κ1) is 19.3. The van der Waals surface area contributed by atoms with E-state index in [1.807, 2.05) is 0 Å². The van der Waals surface area contributed by atoms with Crippen LogP contribution in [0.1, 0.15) is 75.7 Å². The molecular weight excluding hydrogens is 266 g/mol. The molecule has 0 saturated carbocycles. The minimum Gasteiger partial charge on any atom is -0.369 e. The lowest BCUT2D eigenvalue weighted by Gasteiger charge is -2.61. The molecule has 0 aromatic rings. The van der Waals surface area contributed by atoms with Gasteiger partial charge in [-0.2, -0.15) is 0 Å². The van der Waals surface area contributed by atoms with Gasteiger partial charge in [-0.15, -0.1) is 0 Å². The molecular formula is C21H39N. The Labute approximate surface area is 139 Å². The molecule has 0 radical (unpaired) electrons. The molecule has 0 aliphatic carbocycles. The van der Waals surface area contributed by atoms with Crippen LogP contribution in [0.4, 0.5) is 0 Å². The Kier molecular flexibility index (Phi) is 4.77. The third-order valence-electron chi connectivity index (χ3n) is 7.28. The predicted molar refractivity (Wildman–Crippen MR) is 99.9 cm³/mol. The first-order chi connectivity index (χ1) is 9.58. The molecule has 0 aromatic carbocycles. The van der Waals surface area contributed by atoms with E-state index in [1.54, 1.807) is 0 Å². The summed E-state index contributed by atoms with van der Waals surface area (Å²) in [7, 11) is 0. The molecule has 1 heterocycles. The Hall–Kier alpha value is -0.720. The van der Waals surface area contributed by atoms with Crippen molar-refractivity contribution in [3.63, 3.8) is 0 Å². The molecule has 128 valence electrons. The zero-order chi connectivity index (χ0) is 17.7. The Morgan fingerprint density at radius 2 is 1.32 bits per heavy atom. The van der Waals surface area contributed by atoms with Gasteiger partial charge in [-0.1, -0.05) is 60.3 Å². The van der Waals surface area contributed by atoms with Gasteiger partial charge in [0.05, 0.1) is 0 Å². The van der Waals surface area contributed by atoms with Crippen LogP contribution in [0.2, 0.25) is 0 Å². The van der Waals surface area contributed by atoms with Crippen molar-refractivity contribution >= 4 is 0 Å². The molecule has 1 rings (SSSR count). The lowest BCUT2D eigenvalue weighted by molar-refractivity contribution is -0.0837. The van der Waals surface area contributed by atoms with E-state index in [0.29, 0.717) is 5.92 Å². The van der Waals surface area contributed by atoms with Crippen molar-refractivity contribution in [2.24, 2.45) is 22.2 Å². The predicted octanol–water partition coefficient (Wildman–Crippen LogP) is 6.28. The average Bonchev–Trinajstić information content (AvgIpc) is 2.30. The fraction of sp³-hybridized carbons (Fsp3) is 0.810. The highest BCUT2D eigenvalue weighted by Crippen LogP contribution is 2.56. The molecule has 1 saturated heterocycles. The topological polar surface area (TPSA) is 3.24 Å². The molecule has 0 bridgehead atoms. The van der Waals surface area contributed by atoms with Gasteiger partial charge in [-0.3, -0.25) is 0 Å². The molecule has 1 unspecified atom stereocenters. The molecule has 0 aromatic heterocycles. The molecule has 1 fully saturated rings. The van der Waals surface area contributed by atoms with E-state index in [4.69, 9.17) is 0 Å². The molecule has 0 amide bonds. The van der Waals surface area contributed by atoms with E-state index >= 15 is 0 Å². The summed E-state index contributed by atoms with van der Waals surface area (Å²) in [5, 5.41) is 0. The van der Waals surface area contributed by atoms with Crippen LogP contribution in [0.5, 0.6) is 0 Å². The third kappa shape index (κ3) is 2.88. The summed E-state index contributed by atoms with van der Waals surface area (Å²) in [6.07, 6.45) is 1.19.